The topological polar surface area (TPSA) is 41.5 Å². The van der Waals surface area contributed by atoms with Crippen LogP contribution in [0.15, 0.2) is 24.3 Å². The Balaban J connectivity index is 2.12. The highest BCUT2D eigenvalue weighted by atomic mass is 16.5. The molecule has 1 aliphatic rings. The molecule has 0 amide bonds. The Morgan fingerprint density at radius 1 is 1.17 bits per heavy atom. The van der Waals surface area contributed by atoms with Gasteiger partial charge in [-0.05, 0) is 63.9 Å². The fourth-order valence-electron chi connectivity index (χ4n) is 2.46. The van der Waals surface area contributed by atoms with Crippen LogP contribution < -0.4 is 10.1 Å². The third-order valence-electron chi connectivity index (χ3n) is 3.42. The Bertz CT molecular complexity index is 365. The van der Waals surface area contributed by atoms with Crippen LogP contribution in [0, 0.1) is 0 Å². The van der Waals surface area contributed by atoms with Crippen LogP contribution in [0.4, 0.5) is 0 Å². The van der Waals surface area contributed by atoms with E-state index in [2.05, 4.69) is 5.32 Å². The van der Waals surface area contributed by atoms with Gasteiger partial charge in [0.2, 0.25) is 0 Å². The molecule has 100 valence electrons. The predicted octanol–water partition coefficient (Wildman–Crippen LogP) is 2.43. The van der Waals surface area contributed by atoms with E-state index in [1.165, 1.54) is 0 Å². The minimum Gasteiger partial charge on any atom is -0.491 e. The lowest BCUT2D eigenvalue weighted by Crippen LogP contribution is -2.27. The molecule has 0 spiro atoms. The van der Waals surface area contributed by atoms with Crippen molar-refractivity contribution in [1.82, 2.24) is 5.32 Å². The van der Waals surface area contributed by atoms with Crippen molar-refractivity contribution in [3.63, 3.8) is 0 Å². The van der Waals surface area contributed by atoms with Crippen LogP contribution in [-0.4, -0.2) is 24.3 Å². The number of hydrogen-bond donors (Lipinski definition) is 2. The van der Waals surface area contributed by atoms with Crippen LogP contribution in [0.3, 0.4) is 0 Å². The van der Waals surface area contributed by atoms with Gasteiger partial charge >= 0.3 is 0 Å². The SMILES string of the molecule is CC(C)Oc1ccc(C2(O)CCCNCC2)cc1. The maximum Gasteiger partial charge on any atom is 0.119 e. The second-order valence-corrected chi connectivity index (χ2v) is 5.33. The molecule has 1 aromatic rings. The first-order valence-corrected chi connectivity index (χ1v) is 6.80. The van der Waals surface area contributed by atoms with Crippen LogP contribution in [-0.2, 0) is 5.60 Å². The van der Waals surface area contributed by atoms with Gasteiger partial charge in [0.25, 0.3) is 0 Å². The van der Waals surface area contributed by atoms with Gasteiger partial charge in [-0.2, -0.15) is 0 Å². The summed E-state index contributed by atoms with van der Waals surface area (Å²) in [5.41, 5.74) is 0.321. The van der Waals surface area contributed by atoms with Crippen LogP contribution in [0.2, 0.25) is 0 Å². The van der Waals surface area contributed by atoms with Crippen molar-refractivity contribution < 1.29 is 9.84 Å². The van der Waals surface area contributed by atoms with E-state index in [1.54, 1.807) is 0 Å². The van der Waals surface area contributed by atoms with Crippen molar-refractivity contribution in [1.29, 1.82) is 0 Å². The second-order valence-electron chi connectivity index (χ2n) is 5.33. The summed E-state index contributed by atoms with van der Waals surface area (Å²) >= 11 is 0. The average molecular weight is 249 g/mol. The summed E-state index contributed by atoms with van der Waals surface area (Å²) in [7, 11) is 0. The third kappa shape index (κ3) is 3.24. The molecule has 0 bridgehead atoms. The van der Waals surface area contributed by atoms with Crippen LogP contribution in [0.25, 0.3) is 0 Å². The molecule has 1 aromatic carbocycles. The monoisotopic (exact) mass is 249 g/mol. The van der Waals surface area contributed by atoms with Gasteiger partial charge in [-0.1, -0.05) is 12.1 Å². The van der Waals surface area contributed by atoms with Crippen molar-refractivity contribution >= 4 is 0 Å². The Morgan fingerprint density at radius 3 is 2.56 bits per heavy atom. The van der Waals surface area contributed by atoms with E-state index in [4.69, 9.17) is 4.74 Å². The minimum atomic E-state index is -0.681. The first-order chi connectivity index (χ1) is 8.60. The molecule has 2 N–H and O–H groups in total. The average Bonchev–Trinajstić information content (AvgIpc) is 2.55. The zero-order valence-corrected chi connectivity index (χ0v) is 11.3. The van der Waals surface area contributed by atoms with Crippen molar-refractivity contribution in [2.75, 3.05) is 13.1 Å². The molecule has 1 fully saturated rings. The van der Waals surface area contributed by atoms with Crippen LogP contribution in [0.5, 0.6) is 5.75 Å². The van der Waals surface area contributed by atoms with Crippen molar-refractivity contribution in [3.8, 4) is 5.75 Å². The zero-order chi connectivity index (χ0) is 13.0. The molecule has 3 heteroatoms. The number of nitrogens with one attached hydrogen (secondary N) is 1. The number of aliphatic hydroxyl groups is 1. The van der Waals surface area contributed by atoms with Gasteiger partial charge in [-0.25, -0.2) is 0 Å². The van der Waals surface area contributed by atoms with Gasteiger partial charge in [0.15, 0.2) is 0 Å². The van der Waals surface area contributed by atoms with Gasteiger partial charge in [0.1, 0.15) is 5.75 Å². The van der Waals surface area contributed by atoms with Gasteiger partial charge in [-0.3, -0.25) is 0 Å². The Hall–Kier alpha value is -1.06. The lowest BCUT2D eigenvalue weighted by atomic mass is 9.87. The van der Waals surface area contributed by atoms with Gasteiger partial charge < -0.3 is 15.2 Å². The van der Waals surface area contributed by atoms with Crippen LogP contribution in [0.1, 0.15) is 38.7 Å². The molecular weight excluding hydrogens is 226 g/mol. The molecule has 0 saturated carbocycles. The predicted molar refractivity (Wildman–Crippen MR) is 72.8 cm³/mol. The van der Waals surface area contributed by atoms with Crippen molar-refractivity contribution in [2.45, 2.75) is 44.8 Å². The molecule has 1 saturated heterocycles. The van der Waals surface area contributed by atoms with Crippen molar-refractivity contribution in [3.05, 3.63) is 29.8 Å². The van der Waals surface area contributed by atoms with E-state index < -0.39 is 5.60 Å². The standard InChI is InChI=1S/C15H23NO2/c1-12(2)18-14-6-4-13(5-7-14)15(17)8-3-10-16-11-9-15/h4-7,12,16-17H,3,8-11H2,1-2H3. The summed E-state index contributed by atoms with van der Waals surface area (Å²) in [5.74, 6) is 0.865. The number of rotatable bonds is 3. The molecule has 2 rings (SSSR count). The Labute approximate surface area is 109 Å². The summed E-state index contributed by atoms with van der Waals surface area (Å²) in [5, 5.41) is 14.0. The highest BCUT2D eigenvalue weighted by Gasteiger charge is 2.29. The van der Waals surface area contributed by atoms with E-state index in [0.717, 1.165) is 43.7 Å². The van der Waals surface area contributed by atoms with E-state index >= 15 is 0 Å². The highest BCUT2D eigenvalue weighted by molar-refractivity contribution is 5.31. The maximum atomic E-state index is 10.7. The summed E-state index contributed by atoms with van der Waals surface area (Å²) in [4.78, 5) is 0. The molecule has 18 heavy (non-hydrogen) atoms. The third-order valence-corrected chi connectivity index (χ3v) is 3.42. The molecule has 0 aromatic heterocycles. The summed E-state index contributed by atoms with van der Waals surface area (Å²) in [6, 6.07) is 7.88. The molecule has 0 aliphatic carbocycles. The summed E-state index contributed by atoms with van der Waals surface area (Å²) < 4.78 is 5.62. The molecule has 1 aliphatic heterocycles. The largest absolute Gasteiger partial charge is 0.491 e. The normalized spacial score (nSPS) is 24.9. The highest BCUT2D eigenvalue weighted by Crippen LogP contribution is 2.32. The van der Waals surface area contributed by atoms with Crippen molar-refractivity contribution in [2.24, 2.45) is 0 Å². The van der Waals surface area contributed by atoms with Crippen LogP contribution >= 0.6 is 0 Å². The molecule has 3 nitrogen and oxygen atoms in total. The van der Waals surface area contributed by atoms with E-state index in [-0.39, 0.29) is 6.10 Å². The van der Waals surface area contributed by atoms with Gasteiger partial charge in [0.05, 0.1) is 11.7 Å². The lowest BCUT2D eigenvalue weighted by Gasteiger charge is -2.27. The Kier molecular flexibility index (Phi) is 4.25. The Morgan fingerprint density at radius 2 is 1.89 bits per heavy atom. The van der Waals surface area contributed by atoms with Gasteiger partial charge in [0, 0.05) is 0 Å². The molecule has 1 unspecified atom stereocenters. The molecule has 0 radical (unpaired) electrons. The summed E-state index contributed by atoms with van der Waals surface area (Å²) in [6.45, 7) is 5.90. The molecule has 1 atom stereocenters. The first kappa shape index (κ1) is 13.4. The fraction of sp³-hybridized carbons (Fsp3) is 0.600. The second kappa shape index (κ2) is 5.72. The molecule has 1 heterocycles. The summed E-state index contributed by atoms with van der Waals surface area (Å²) in [6.07, 6.45) is 2.80. The number of ether oxygens (including phenoxy) is 1. The van der Waals surface area contributed by atoms with E-state index in [1.807, 2.05) is 38.1 Å². The fourth-order valence-corrected chi connectivity index (χ4v) is 2.46. The number of hydrogen-bond acceptors (Lipinski definition) is 3. The zero-order valence-electron chi connectivity index (χ0n) is 11.3. The smallest absolute Gasteiger partial charge is 0.119 e. The first-order valence-electron chi connectivity index (χ1n) is 6.80. The maximum absolute atomic E-state index is 10.7. The lowest BCUT2D eigenvalue weighted by molar-refractivity contribution is 0.0240. The van der Waals surface area contributed by atoms with E-state index in [0.29, 0.717) is 0 Å². The molecular formula is C15H23NO2. The minimum absolute atomic E-state index is 0.181. The quantitative estimate of drug-likeness (QED) is 0.864. The number of benzene rings is 1. The van der Waals surface area contributed by atoms with Gasteiger partial charge in [-0.15, -0.1) is 0 Å². The van der Waals surface area contributed by atoms with E-state index in [9.17, 15) is 5.11 Å².